The second-order valence-electron chi connectivity index (χ2n) is 10.1. The number of likely N-dealkylation sites (N-methyl/N-ethyl adjacent to an activating group) is 1. The van der Waals surface area contributed by atoms with Gasteiger partial charge in [0, 0.05) is 57.7 Å². The first kappa shape index (κ1) is 27.4. The highest BCUT2D eigenvalue weighted by molar-refractivity contribution is 7.89. The molecular formula is C27H36N6O5S. The number of methoxy groups -OCH3 is 1. The highest BCUT2D eigenvalue weighted by Gasteiger charge is 2.39. The van der Waals surface area contributed by atoms with E-state index in [1.54, 1.807) is 29.2 Å². The number of aromatic nitrogens is 1. The Morgan fingerprint density at radius 1 is 1.13 bits per heavy atom. The highest BCUT2D eigenvalue weighted by atomic mass is 32.2. The summed E-state index contributed by atoms with van der Waals surface area (Å²) in [6, 6.07) is 8.18. The molecule has 11 nitrogen and oxygen atoms in total. The van der Waals surface area contributed by atoms with Crippen LogP contribution in [0.15, 0.2) is 48.0 Å². The molecule has 0 bridgehead atoms. The van der Waals surface area contributed by atoms with Crippen LogP contribution in [0, 0.1) is 0 Å². The van der Waals surface area contributed by atoms with Crippen molar-refractivity contribution < 1.29 is 22.7 Å². The van der Waals surface area contributed by atoms with Gasteiger partial charge in [-0.3, -0.25) is 9.69 Å². The van der Waals surface area contributed by atoms with Crippen LogP contribution in [0.5, 0.6) is 5.75 Å². The minimum atomic E-state index is -3.64. The second-order valence-corrected chi connectivity index (χ2v) is 12.0. The predicted octanol–water partition coefficient (Wildman–Crippen LogP) is 2.63. The topological polar surface area (TPSA) is 108 Å². The number of rotatable bonds is 7. The fourth-order valence-electron chi connectivity index (χ4n) is 5.40. The molecule has 210 valence electrons. The Hall–Kier alpha value is -3.19. The largest absolute Gasteiger partial charge is 0.495 e. The first-order valence-corrected chi connectivity index (χ1v) is 14.6. The maximum atomic E-state index is 13.3. The van der Waals surface area contributed by atoms with Gasteiger partial charge in [0.2, 0.25) is 10.0 Å². The molecule has 1 atom stereocenters. The average Bonchev–Trinajstić information content (AvgIpc) is 2.95. The van der Waals surface area contributed by atoms with Gasteiger partial charge in [0.25, 0.3) is 5.91 Å². The molecule has 3 aliphatic rings. The molecular weight excluding hydrogens is 520 g/mol. The molecule has 0 radical (unpaired) electrons. The van der Waals surface area contributed by atoms with Crippen LogP contribution >= 0.6 is 0 Å². The zero-order chi connectivity index (χ0) is 27.7. The summed E-state index contributed by atoms with van der Waals surface area (Å²) in [5, 5.41) is 3.29. The van der Waals surface area contributed by atoms with Crippen LogP contribution in [0.4, 0.5) is 23.0 Å². The number of pyridine rings is 1. The van der Waals surface area contributed by atoms with Crippen molar-refractivity contribution in [2.24, 2.45) is 0 Å². The molecule has 2 saturated heterocycles. The van der Waals surface area contributed by atoms with Crippen LogP contribution in [0.25, 0.3) is 0 Å². The molecule has 0 spiro atoms. The number of carbonyl (C=O) groups excluding carboxylic acids is 1. The van der Waals surface area contributed by atoms with E-state index < -0.39 is 16.1 Å². The van der Waals surface area contributed by atoms with Crippen molar-refractivity contribution in [3.63, 3.8) is 0 Å². The van der Waals surface area contributed by atoms with Crippen molar-refractivity contribution in [2.45, 2.75) is 36.7 Å². The summed E-state index contributed by atoms with van der Waals surface area (Å²) >= 11 is 0. The second kappa shape index (κ2) is 11.1. The summed E-state index contributed by atoms with van der Waals surface area (Å²) in [7, 11) is -0.147. The lowest BCUT2D eigenvalue weighted by Crippen LogP contribution is -2.55. The van der Waals surface area contributed by atoms with Crippen molar-refractivity contribution in [3.05, 3.63) is 43.1 Å². The Balaban J connectivity index is 1.45. The van der Waals surface area contributed by atoms with Gasteiger partial charge in [-0.05, 0) is 51.1 Å². The summed E-state index contributed by atoms with van der Waals surface area (Å²) in [6.45, 7) is 9.29. The molecule has 12 heteroatoms. The quantitative estimate of drug-likeness (QED) is 0.551. The van der Waals surface area contributed by atoms with E-state index in [0.29, 0.717) is 68.2 Å². The van der Waals surface area contributed by atoms with Crippen LogP contribution < -0.4 is 19.9 Å². The molecule has 1 unspecified atom stereocenters. The van der Waals surface area contributed by atoms with Crippen LogP contribution in [0.3, 0.4) is 0 Å². The Morgan fingerprint density at radius 3 is 2.51 bits per heavy atom. The monoisotopic (exact) mass is 556 g/mol. The van der Waals surface area contributed by atoms with Crippen LogP contribution in [0.1, 0.15) is 19.8 Å². The number of hydrogen-bond donors (Lipinski definition) is 1. The zero-order valence-corrected chi connectivity index (χ0v) is 23.5. The number of piperazine rings is 1. The van der Waals surface area contributed by atoms with Gasteiger partial charge in [-0.25, -0.2) is 13.4 Å². The van der Waals surface area contributed by atoms with Crippen molar-refractivity contribution in [1.82, 2.24) is 14.2 Å². The molecule has 3 aliphatic heterocycles. The predicted molar refractivity (Wildman–Crippen MR) is 150 cm³/mol. The molecule has 1 aromatic carbocycles. The van der Waals surface area contributed by atoms with Gasteiger partial charge in [-0.15, -0.1) is 0 Å². The van der Waals surface area contributed by atoms with E-state index in [4.69, 9.17) is 14.5 Å². The first-order valence-electron chi connectivity index (χ1n) is 13.2. The minimum Gasteiger partial charge on any atom is -0.495 e. The van der Waals surface area contributed by atoms with E-state index in [0.717, 1.165) is 12.8 Å². The molecule has 2 fully saturated rings. The third-order valence-electron chi connectivity index (χ3n) is 7.67. The third-order valence-corrected chi connectivity index (χ3v) is 9.57. The standard InChI is InChI=1S/C27H36N6O5S/c1-5-32-23-8-9-25(29-26(23)33(19(2)27(32)34)20-10-16-38-17-11-20)28-22-7-6-21(18-24(22)37-4)39(35,36)31-14-12-30(3)13-15-31/h5-9,18-20H,1,10-17H2,2-4H3,(H,28,29). The Bertz CT molecular complexity index is 1340. The molecule has 4 heterocycles. The van der Waals surface area contributed by atoms with Crippen molar-refractivity contribution in [2.75, 3.05) is 68.7 Å². The highest BCUT2D eigenvalue weighted by Crippen LogP contribution is 2.40. The van der Waals surface area contributed by atoms with Crippen molar-refractivity contribution in [1.29, 1.82) is 0 Å². The Labute approximate surface area is 230 Å². The summed E-state index contributed by atoms with van der Waals surface area (Å²) < 4.78 is 39.2. The summed E-state index contributed by atoms with van der Waals surface area (Å²) in [5.41, 5.74) is 1.26. The Morgan fingerprint density at radius 2 is 1.85 bits per heavy atom. The van der Waals surface area contributed by atoms with Gasteiger partial charge >= 0.3 is 0 Å². The molecule has 39 heavy (non-hydrogen) atoms. The number of sulfonamides is 1. The summed E-state index contributed by atoms with van der Waals surface area (Å²) in [6.07, 6.45) is 3.14. The van der Waals surface area contributed by atoms with Crippen LogP contribution in [0.2, 0.25) is 0 Å². The molecule has 1 amide bonds. The normalized spacial score (nSPS) is 21.5. The number of benzene rings is 1. The molecule has 2 aromatic rings. The lowest BCUT2D eigenvalue weighted by molar-refractivity contribution is -0.119. The lowest BCUT2D eigenvalue weighted by atomic mass is 10.0. The maximum Gasteiger partial charge on any atom is 0.253 e. The number of carbonyl (C=O) groups is 1. The maximum absolute atomic E-state index is 13.3. The number of hydrogen-bond acceptors (Lipinski definition) is 9. The number of nitrogens with zero attached hydrogens (tertiary/aromatic N) is 5. The molecule has 1 aromatic heterocycles. The van der Waals surface area contributed by atoms with Crippen LogP contribution in [-0.4, -0.2) is 94.1 Å². The van der Waals surface area contributed by atoms with Gasteiger partial charge in [0.05, 0.1) is 23.4 Å². The van der Waals surface area contributed by atoms with E-state index in [9.17, 15) is 13.2 Å². The van der Waals surface area contributed by atoms with Crippen LogP contribution in [-0.2, 0) is 19.6 Å². The number of ether oxygens (including phenoxy) is 2. The van der Waals surface area contributed by atoms with Crippen molar-refractivity contribution >= 4 is 38.9 Å². The first-order chi connectivity index (χ1) is 18.7. The van der Waals surface area contributed by atoms with E-state index in [-0.39, 0.29) is 16.8 Å². The number of fused-ring (bicyclic) bond motifs is 1. The summed E-state index contributed by atoms with van der Waals surface area (Å²) in [4.78, 5) is 24.0. The smallest absolute Gasteiger partial charge is 0.253 e. The molecule has 1 N–H and O–H groups in total. The van der Waals surface area contributed by atoms with Gasteiger partial charge in [0.1, 0.15) is 17.6 Å². The van der Waals surface area contributed by atoms with Gasteiger partial charge < -0.3 is 24.6 Å². The number of nitrogens with one attached hydrogen (secondary N) is 1. The van der Waals surface area contributed by atoms with E-state index in [2.05, 4.69) is 21.7 Å². The van der Waals surface area contributed by atoms with Crippen molar-refractivity contribution in [3.8, 4) is 5.75 Å². The zero-order valence-electron chi connectivity index (χ0n) is 22.7. The fraction of sp³-hybridized carbons (Fsp3) is 0.481. The SMILES string of the molecule is C=CN1C(=O)C(C)N(C2CCOCC2)c2nc(Nc3ccc(S(=O)(=O)N4CCN(C)CC4)cc3OC)ccc21. The minimum absolute atomic E-state index is 0.0506. The van der Waals surface area contributed by atoms with E-state index in [1.807, 2.05) is 20.0 Å². The number of amides is 1. The molecule has 5 rings (SSSR count). The molecule has 0 aliphatic carbocycles. The van der Waals surface area contributed by atoms with Gasteiger partial charge in [0.15, 0.2) is 5.82 Å². The third kappa shape index (κ3) is 5.21. The van der Waals surface area contributed by atoms with E-state index >= 15 is 0 Å². The average molecular weight is 557 g/mol. The molecule has 0 saturated carbocycles. The Kier molecular flexibility index (Phi) is 7.81. The lowest BCUT2D eigenvalue weighted by Gasteiger charge is -2.44. The fourth-order valence-corrected chi connectivity index (χ4v) is 6.84. The van der Waals surface area contributed by atoms with Gasteiger partial charge in [-0.2, -0.15) is 4.31 Å². The summed E-state index contributed by atoms with van der Waals surface area (Å²) in [5.74, 6) is 1.57. The number of anilines is 4. The van der Waals surface area contributed by atoms with Gasteiger partial charge in [-0.1, -0.05) is 6.58 Å². The van der Waals surface area contributed by atoms with E-state index in [1.165, 1.54) is 17.6 Å².